The Hall–Kier alpha value is -5.56. The lowest BCUT2D eigenvalue weighted by molar-refractivity contribution is -0.135. The van der Waals surface area contributed by atoms with E-state index in [0.717, 1.165) is 51.1 Å². The molecule has 2 aliphatic rings. The molecule has 63 heavy (non-hydrogen) atoms. The fraction of sp³-hybridized carbons (Fsp3) is 0.298. The van der Waals surface area contributed by atoms with Gasteiger partial charge in [0.15, 0.2) is 0 Å². The van der Waals surface area contributed by atoms with Crippen molar-refractivity contribution in [1.29, 1.82) is 0 Å². The lowest BCUT2D eigenvalue weighted by Gasteiger charge is -2.29. The van der Waals surface area contributed by atoms with Gasteiger partial charge in [-0.15, -0.1) is 22.7 Å². The third kappa shape index (κ3) is 11.5. The molecule has 6 heterocycles. The van der Waals surface area contributed by atoms with Crippen LogP contribution in [0.1, 0.15) is 50.4 Å². The van der Waals surface area contributed by atoms with Crippen LogP contribution in [0.2, 0.25) is 0 Å². The SMILES string of the molecule is C=C/C=C\C=C.COC(=O)NC(C(=O)N1CC=CC1c1ncc(-c2ccc(-c3csc4c(-c5ccc6nc(C7CCCN7)[nH]c6c5)csc34)cc2)[nH]1)C(C)C.COC(=O)NCCI. The second-order valence-corrected chi connectivity index (χ2v) is 17.7. The normalized spacial score (nSPS) is 16.1. The van der Waals surface area contributed by atoms with Crippen molar-refractivity contribution in [3.05, 3.63) is 121 Å². The van der Waals surface area contributed by atoms with E-state index in [0.29, 0.717) is 25.0 Å². The van der Waals surface area contributed by atoms with Crippen LogP contribution in [0.25, 0.3) is 53.9 Å². The summed E-state index contributed by atoms with van der Waals surface area (Å²) in [4.78, 5) is 53.9. The van der Waals surface area contributed by atoms with Crippen molar-refractivity contribution in [2.45, 2.75) is 44.8 Å². The number of hydrogen-bond acceptors (Lipinski definition) is 10. The summed E-state index contributed by atoms with van der Waals surface area (Å²) >= 11 is 5.74. The van der Waals surface area contributed by atoms with Crippen molar-refractivity contribution >= 4 is 83.8 Å². The number of thiophene rings is 2. The molecular weight excluding hydrogens is 948 g/mol. The van der Waals surface area contributed by atoms with E-state index in [9.17, 15) is 14.4 Å². The molecule has 1 saturated heterocycles. The van der Waals surface area contributed by atoms with Gasteiger partial charge in [0, 0.05) is 39.4 Å². The van der Waals surface area contributed by atoms with E-state index in [1.807, 2.05) is 44.3 Å². The van der Waals surface area contributed by atoms with Crippen LogP contribution in [-0.4, -0.2) is 87.3 Å². The van der Waals surface area contributed by atoms with Crippen LogP contribution < -0.4 is 16.0 Å². The fourth-order valence-corrected chi connectivity index (χ4v) is 9.93. The minimum absolute atomic E-state index is 0.109. The fourth-order valence-electron chi connectivity index (χ4n) is 7.21. The number of imidazole rings is 2. The Labute approximate surface area is 389 Å². The maximum atomic E-state index is 13.5. The number of nitrogens with zero attached hydrogens (tertiary/aromatic N) is 3. The predicted molar refractivity (Wildman–Crippen MR) is 264 cm³/mol. The number of aromatic amines is 2. The van der Waals surface area contributed by atoms with Gasteiger partial charge >= 0.3 is 12.2 Å². The van der Waals surface area contributed by atoms with E-state index in [-0.39, 0.29) is 24.0 Å². The summed E-state index contributed by atoms with van der Waals surface area (Å²) in [7, 11) is 2.64. The lowest BCUT2D eigenvalue weighted by Crippen LogP contribution is -2.51. The first-order chi connectivity index (χ1) is 30.6. The Kier molecular flexibility index (Phi) is 16.9. The Balaban J connectivity index is 0.000000409. The number of nitrogens with one attached hydrogen (secondary N) is 5. The van der Waals surface area contributed by atoms with Gasteiger partial charge in [0.1, 0.15) is 23.7 Å². The number of carbonyl (C=O) groups excluding carboxylic acids is 3. The highest BCUT2D eigenvalue weighted by atomic mass is 127. The van der Waals surface area contributed by atoms with Crippen LogP contribution >= 0.6 is 45.3 Å². The van der Waals surface area contributed by atoms with E-state index >= 15 is 0 Å². The molecule has 8 rings (SSSR count). The molecule has 0 aliphatic carbocycles. The maximum Gasteiger partial charge on any atom is 0.407 e. The minimum Gasteiger partial charge on any atom is -0.453 e. The third-order valence-corrected chi connectivity index (χ3v) is 13.1. The van der Waals surface area contributed by atoms with Gasteiger partial charge in [0.05, 0.1) is 52.6 Å². The molecule has 3 amide bonds. The number of aromatic nitrogens is 4. The van der Waals surface area contributed by atoms with E-state index in [4.69, 9.17) is 9.72 Å². The van der Waals surface area contributed by atoms with Gasteiger partial charge in [-0.2, -0.15) is 0 Å². The van der Waals surface area contributed by atoms with Gasteiger partial charge in [-0.1, -0.05) is 116 Å². The van der Waals surface area contributed by atoms with Crippen LogP contribution in [-0.2, 0) is 14.3 Å². The van der Waals surface area contributed by atoms with Crippen molar-refractivity contribution in [3.63, 3.8) is 0 Å². The zero-order valence-electron chi connectivity index (χ0n) is 35.8. The van der Waals surface area contributed by atoms with Crippen molar-refractivity contribution in [3.8, 4) is 33.5 Å². The summed E-state index contributed by atoms with van der Waals surface area (Å²) in [5, 5.41) is 13.3. The molecule has 0 radical (unpaired) electrons. The van der Waals surface area contributed by atoms with Crippen LogP contribution in [0.3, 0.4) is 0 Å². The smallest absolute Gasteiger partial charge is 0.407 e. The summed E-state index contributed by atoms with van der Waals surface area (Å²) in [5.74, 6) is 1.42. The van der Waals surface area contributed by atoms with Gasteiger partial charge in [-0.3, -0.25) is 4.79 Å². The standard InChI is InChI=1S/C37H37N7O3S2.C6H8.C4H8INO2/c1-20(2)31(43-37(46)47-3)36(45)44-15-5-7-30(44)35-39-17-29(42-35)22-10-8-21(9-11-22)24-18-48-33-25(19-49-32(24)33)23-12-13-26-28(16-23)41-34(40-26)27-6-4-14-38-27;1-3-5-6-4-2;1-8-4(7)6-3-2-5/h5,7-13,16-20,27,30-31,38H,4,6,14-15H2,1-3H3,(H,39,42)(H,40,41)(H,43,46);3-6H,1-2H2;2-3H2,1H3,(H,6,7)/b;6-5-;. The number of allylic oxidation sites excluding steroid dienone is 4. The lowest BCUT2D eigenvalue weighted by atomic mass is 10.0. The Morgan fingerprint density at radius 3 is 2.22 bits per heavy atom. The highest BCUT2D eigenvalue weighted by Crippen LogP contribution is 2.44. The van der Waals surface area contributed by atoms with E-state index in [2.05, 4.69) is 125 Å². The quantitative estimate of drug-likeness (QED) is 0.0350. The van der Waals surface area contributed by atoms with E-state index in [1.54, 1.807) is 39.7 Å². The number of H-pyrrole nitrogens is 2. The first kappa shape index (κ1) is 46.9. The third-order valence-electron chi connectivity index (χ3n) is 10.4. The highest BCUT2D eigenvalue weighted by molar-refractivity contribution is 14.1. The summed E-state index contributed by atoms with van der Waals surface area (Å²) in [6.07, 6.45) is 14.1. The molecule has 13 nitrogen and oxygen atoms in total. The number of alkyl carbamates (subject to hydrolysis) is 2. The summed E-state index contributed by atoms with van der Waals surface area (Å²) < 4.78 is 12.5. The van der Waals surface area contributed by atoms with Crippen molar-refractivity contribution in [2.24, 2.45) is 5.92 Å². The number of rotatable bonds is 12. The topological polar surface area (TPSA) is 166 Å². The minimum atomic E-state index is -0.702. The summed E-state index contributed by atoms with van der Waals surface area (Å²) in [6, 6.07) is 14.3. The molecule has 3 unspecified atom stereocenters. The van der Waals surface area contributed by atoms with Crippen molar-refractivity contribution in [1.82, 2.24) is 40.8 Å². The highest BCUT2D eigenvalue weighted by Gasteiger charge is 2.35. The number of amides is 3. The summed E-state index contributed by atoms with van der Waals surface area (Å²) in [5.41, 5.74) is 8.81. The molecule has 0 saturated carbocycles. The molecule has 0 spiro atoms. The molecule has 2 aromatic carbocycles. The molecule has 330 valence electrons. The number of hydrogen-bond donors (Lipinski definition) is 5. The number of benzene rings is 2. The van der Waals surface area contributed by atoms with Crippen LogP contribution in [0, 0.1) is 5.92 Å². The van der Waals surface area contributed by atoms with E-state index in [1.165, 1.54) is 46.7 Å². The molecule has 1 fully saturated rings. The number of carbonyl (C=O) groups is 3. The van der Waals surface area contributed by atoms with Crippen molar-refractivity contribution < 1.29 is 23.9 Å². The number of fused-ring (bicyclic) bond motifs is 2. The van der Waals surface area contributed by atoms with Gasteiger partial charge in [0.25, 0.3) is 0 Å². The average molecular weight is 1000 g/mol. The molecule has 0 bridgehead atoms. The number of methoxy groups -OCH3 is 2. The van der Waals surface area contributed by atoms with Crippen LogP contribution in [0.4, 0.5) is 9.59 Å². The number of ether oxygens (including phenoxy) is 2. The van der Waals surface area contributed by atoms with Gasteiger partial charge in [0.2, 0.25) is 5.91 Å². The average Bonchev–Trinajstić information content (AvgIpc) is 4.16. The second kappa shape index (κ2) is 22.7. The maximum absolute atomic E-state index is 13.5. The Bertz CT molecular complexity index is 2560. The molecule has 2 aliphatic heterocycles. The molecule has 16 heteroatoms. The monoisotopic (exact) mass is 1000 g/mol. The van der Waals surface area contributed by atoms with Gasteiger partial charge in [-0.05, 0) is 54.1 Å². The second-order valence-electron chi connectivity index (χ2n) is 14.9. The molecular formula is C47H53IN8O5S2. The van der Waals surface area contributed by atoms with Gasteiger partial charge < -0.3 is 40.3 Å². The largest absolute Gasteiger partial charge is 0.453 e. The summed E-state index contributed by atoms with van der Waals surface area (Å²) in [6.45, 7) is 12.9. The number of alkyl halides is 1. The number of halogens is 1. The first-order valence-corrected chi connectivity index (χ1v) is 23.9. The first-order valence-electron chi connectivity index (χ1n) is 20.6. The Morgan fingerprint density at radius 2 is 1.60 bits per heavy atom. The van der Waals surface area contributed by atoms with Crippen LogP contribution in [0.15, 0.2) is 109 Å². The zero-order valence-corrected chi connectivity index (χ0v) is 39.6. The molecule has 6 aromatic rings. The molecule has 5 N–H and O–H groups in total. The molecule has 4 aromatic heterocycles. The van der Waals surface area contributed by atoms with E-state index < -0.39 is 12.1 Å². The van der Waals surface area contributed by atoms with Gasteiger partial charge in [-0.25, -0.2) is 19.6 Å². The van der Waals surface area contributed by atoms with Crippen molar-refractivity contribution in [2.75, 3.05) is 38.3 Å². The predicted octanol–water partition coefficient (Wildman–Crippen LogP) is 10.5. The zero-order chi connectivity index (χ0) is 44.9. The Morgan fingerprint density at radius 1 is 0.937 bits per heavy atom. The molecule has 3 atom stereocenters. The van der Waals surface area contributed by atoms with Crippen LogP contribution in [0.5, 0.6) is 0 Å².